The highest BCUT2D eigenvalue weighted by Gasteiger charge is 2.13. The molecule has 0 spiro atoms. The van der Waals surface area contributed by atoms with Crippen LogP contribution in [0.25, 0.3) is 0 Å². The number of halogens is 1. The van der Waals surface area contributed by atoms with Crippen LogP contribution in [0.4, 0.5) is 5.95 Å². The lowest BCUT2D eigenvalue weighted by Gasteiger charge is -2.14. The van der Waals surface area contributed by atoms with E-state index in [1.54, 1.807) is 25.4 Å². The summed E-state index contributed by atoms with van der Waals surface area (Å²) in [5.74, 6) is 1.02. The summed E-state index contributed by atoms with van der Waals surface area (Å²) in [5, 5.41) is 0.323. The van der Waals surface area contributed by atoms with Crippen LogP contribution in [0.15, 0.2) is 64.5 Å². The van der Waals surface area contributed by atoms with Gasteiger partial charge in [-0.1, -0.05) is 24.8 Å². The topological polar surface area (TPSA) is 85.8 Å². The molecule has 2 N–H and O–H groups in total. The highest BCUT2D eigenvalue weighted by molar-refractivity contribution is 6.30. The second-order valence-corrected chi connectivity index (χ2v) is 4.24. The molecule has 0 aromatic carbocycles. The Bertz CT molecular complexity index is 580. The van der Waals surface area contributed by atoms with Crippen molar-refractivity contribution in [3.8, 4) is 0 Å². The number of hydrogen-bond acceptors (Lipinski definition) is 4. The summed E-state index contributed by atoms with van der Waals surface area (Å²) in [6.45, 7) is 8.95. The van der Waals surface area contributed by atoms with Gasteiger partial charge in [-0.05, 0) is 25.1 Å². The van der Waals surface area contributed by atoms with Crippen LogP contribution in [-0.4, -0.2) is 28.2 Å². The van der Waals surface area contributed by atoms with Crippen molar-refractivity contribution in [2.24, 2.45) is 15.7 Å². The monoisotopic (exact) mass is 305 g/mol. The number of nitrogens with two attached hydrogens (primary N) is 1. The Labute approximate surface area is 128 Å². The molecule has 110 valence electrons. The summed E-state index contributed by atoms with van der Waals surface area (Å²) in [5.41, 5.74) is 5.33. The molecule has 0 radical (unpaired) electrons. The molecular formula is C14H16ClN5O. The Morgan fingerprint density at radius 3 is 2.67 bits per heavy atom. The third kappa shape index (κ3) is 6.01. The van der Waals surface area contributed by atoms with Crippen LogP contribution in [0.5, 0.6) is 0 Å². The second-order valence-electron chi connectivity index (χ2n) is 3.75. The zero-order valence-electron chi connectivity index (χ0n) is 11.6. The molecule has 7 heteroatoms. The first kappa shape index (κ1) is 16.6. The summed E-state index contributed by atoms with van der Waals surface area (Å²) in [6.07, 6.45) is 6.82. The van der Waals surface area contributed by atoms with Gasteiger partial charge in [-0.3, -0.25) is 0 Å². The lowest BCUT2D eigenvalue weighted by molar-refractivity contribution is 0.195. The van der Waals surface area contributed by atoms with Crippen LogP contribution in [0.1, 0.15) is 6.92 Å². The van der Waals surface area contributed by atoms with Gasteiger partial charge in [0, 0.05) is 17.4 Å². The van der Waals surface area contributed by atoms with Crippen molar-refractivity contribution < 1.29 is 4.74 Å². The number of aromatic nitrogens is 2. The summed E-state index contributed by atoms with van der Waals surface area (Å²) >= 11 is 5.71. The zero-order valence-corrected chi connectivity index (χ0v) is 12.4. The predicted octanol–water partition coefficient (Wildman–Crippen LogP) is 2.72. The van der Waals surface area contributed by atoms with Crippen molar-refractivity contribution in [2.75, 3.05) is 0 Å². The van der Waals surface area contributed by atoms with Crippen molar-refractivity contribution in [1.82, 2.24) is 9.97 Å². The molecule has 0 saturated carbocycles. The van der Waals surface area contributed by atoms with Crippen LogP contribution < -0.4 is 5.73 Å². The van der Waals surface area contributed by atoms with Gasteiger partial charge in [-0.15, -0.1) is 0 Å². The maximum Gasteiger partial charge on any atom is 0.251 e. The molecule has 0 aliphatic rings. The van der Waals surface area contributed by atoms with Crippen LogP contribution in [0.2, 0.25) is 0 Å². The van der Waals surface area contributed by atoms with Gasteiger partial charge in [0.05, 0.1) is 6.34 Å². The molecule has 6 nitrogen and oxygen atoms in total. The van der Waals surface area contributed by atoms with Crippen molar-refractivity contribution in [3.63, 3.8) is 0 Å². The van der Waals surface area contributed by atoms with Crippen molar-refractivity contribution in [3.05, 3.63) is 54.6 Å². The third-order valence-electron chi connectivity index (χ3n) is 2.15. The van der Waals surface area contributed by atoms with Gasteiger partial charge < -0.3 is 10.5 Å². The van der Waals surface area contributed by atoms with E-state index in [0.29, 0.717) is 16.6 Å². The largest absolute Gasteiger partial charge is 0.483 e. The minimum Gasteiger partial charge on any atom is -0.483 e. The third-order valence-corrected chi connectivity index (χ3v) is 2.26. The van der Waals surface area contributed by atoms with Crippen molar-refractivity contribution in [1.29, 1.82) is 0 Å². The number of ether oxygens (including phenoxy) is 1. The maximum absolute atomic E-state index is 5.71. The Morgan fingerprint density at radius 2 is 2.14 bits per heavy atom. The Kier molecular flexibility index (Phi) is 6.83. The van der Waals surface area contributed by atoms with Gasteiger partial charge in [-0.25, -0.2) is 15.0 Å². The Morgan fingerprint density at radius 1 is 1.48 bits per heavy atom. The first-order valence-electron chi connectivity index (χ1n) is 6.02. The first-order chi connectivity index (χ1) is 10.1. The maximum atomic E-state index is 5.71. The smallest absolute Gasteiger partial charge is 0.251 e. The van der Waals surface area contributed by atoms with Gasteiger partial charge in [0.1, 0.15) is 5.76 Å². The quantitative estimate of drug-likeness (QED) is 0.379. The van der Waals surface area contributed by atoms with E-state index in [1.165, 1.54) is 12.2 Å². The standard InChI is InChI=1S/C14H16ClN5O/c1-4-12(8-10(2)15)21-11(3)13(19-9-16)20-14-17-6-5-7-18-14/h4-9,11H,1-2H2,3H3,(H2,16,17,18,19,20)/b12-8+. The Balaban J connectivity index is 2.98. The average molecular weight is 306 g/mol. The summed E-state index contributed by atoms with van der Waals surface area (Å²) in [4.78, 5) is 16.1. The molecular weight excluding hydrogens is 290 g/mol. The van der Waals surface area contributed by atoms with Gasteiger partial charge in [0.25, 0.3) is 5.95 Å². The minimum atomic E-state index is -0.506. The van der Waals surface area contributed by atoms with E-state index in [2.05, 4.69) is 33.1 Å². The highest BCUT2D eigenvalue weighted by atomic mass is 35.5. The van der Waals surface area contributed by atoms with Crippen molar-refractivity contribution >= 4 is 29.7 Å². The molecule has 1 heterocycles. The molecule has 0 aliphatic carbocycles. The second kappa shape index (κ2) is 8.65. The Hall–Kier alpha value is -2.47. The van der Waals surface area contributed by atoms with Gasteiger partial charge in [0.15, 0.2) is 11.9 Å². The molecule has 0 saturated heterocycles. The van der Waals surface area contributed by atoms with Crippen LogP contribution in [-0.2, 0) is 4.74 Å². The van der Waals surface area contributed by atoms with Crippen molar-refractivity contribution in [2.45, 2.75) is 13.0 Å². The van der Waals surface area contributed by atoms with E-state index >= 15 is 0 Å². The fourth-order valence-electron chi connectivity index (χ4n) is 1.30. The van der Waals surface area contributed by atoms with Crippen LogP contribution >= 0.6 is 11.6 Å². The van der Waals surface area contributed by atoms with Gasteiger partial charge in [-0.2, -0.15) is 4.99 Å². The average Bonchev–Trinajstić information content (AvgIpc) is 2.46. The molecule has 1 rings (SSSR count). The van der Waals surface area contributed by atoms with Gasteiger partial charge in [0.2, 0.25) is 0 Å². The fraction of sp³-hybridized carbons (Fsp3) is 0.143. The summed E-state index contributed by atoms with van der Waals surface area (Å²) in [7, 11) is 0. The lowest BCUT2D eigenvalue weighted by Crippen LogP contribution is -2.19. The van der Waals surface area contributed by atoms with E-state index in [4.69, 9.17) is 22.1 Å². The number of nitrogens with zero attached hydrogens (tertiary/aromatic N) is 4. The number of amidine groups is 1. The molecule has 0 aliphatic heterocycles. The summed E-state index contributed by atoms with van der Waals surface area (Å²) in [6, 6.07) is 1.69. The van der Waals surface area contributed by atoms with Crippen LogP contribution in [0.3, 0.4) is 0 Å². The predicted molar refractivity (Wildman–Crippen MR) is 85.6 cm³/mol. The zero-order chi connectivity index (χ0) is 15.7. The number of allylic oxidation sites excluding steroid dienone is 3. The summed E-state index contributed by atoms with van der Waals surface area (Å²) < 4.78 is 5.64. The van der Waals surface area contributed by atoms with E-state index in [1.807, 2.05) is 0 Å². The molecule has 1 aromatic heterocycles. The minimum absolute atomic E-state index is 0.263. The lowest BCUT2D eigenvalue weighted by atomic mass is 10.3. The van der Waals surface area contributed by atoms with E-state index in [0.717, 1.165) is 6.34 Å². The molecule has 1 unspecified atom stereocenters. The molecule has 0 bridgehead atoms. The fourth-order valence-corrected chi connectivity index (χ4v) is 1.41. The number of aliphatic imine (C=N–C) groups is 2. The SMILES string of the molecule is C=C/C(=C\C(=C)Cl)OC(C)/C(N=CN)=N\c1ncccn1. The van der Waals surface area contributed by atoms with E-state index < -0.39 is 6.10 Å². The highest BCUT2D eigenvalue weighted by Crippen LogP contribution is 2.13. The molecule has 21 heavy (non-hydrogen) atoms. The van der Waals surface area contributed by atoms with Gasteiger partial charge >= 0.3 is 0 Å². The number of rotatable bonds is 6. The molecule has 1 atom stereocenters. The van der Waals surface area contributed by atoms with Crippen LogP contribution in [0, 0.1) is 0 Å². The molecule has 1 aromatic rings. The number of hydrogen-bond donors (Lipinski definition) is 1. The molecule has 0 amide bonds. The van der Waals surface area contributed by atoms with E-state index in [-0.39, 0.29) is 5.95 Å². The first-order valence-corrected chi connectivity index (χ1v) is 6.39. The normalized spacial score (nSPS) is 14.0. The molecule has 0 fully saturated rings. The van der Waals surface area contributed by atoms with E-state index in [9.17, 15) is 0 Å².